The molecule has 0 heterocycles. The second kappa shape index (κ2) is 2.89. The van der Waals surface area contributed by atoms with Crippen LogP contribution in [0.2, 0.25) is 0 Å². The van der Waals surface area contributed by atoms with Gasteiger partial charge in [-0.25, -0.2) is 0 Å². The van der Waals surface area contributed by atoms with E-state index in [1.807, 2.05) is 30.3 Å². The molecule has 0 amide bonds. The van der Waals surface area contributed by atoms with Gasteiger partial charge in [-0.2, -0.15) is 0 Å². The average molecular weight is 198 g/mol. The molecule has 2 heteroatoms. The van der Waals surface area contributed by atoms with Crippen molar-refractivity contribution in [1.29, 1.82) is 0 Å². The summed E-state index contributed by atoms with van der Waals surface area (Å²) in [7, 11) is 0. The molecule has 0 bridgehead atoms. The minimum absolute atomic E-state index is 0.0134. The minimum atomic E-state index is -0.160. The van der Waals surface area contributed by atoms with Crippen LogP contribution in [-0.4, -0.2) is 11.6 Å². The molecule has 0 aromatic heterocycles. The molecular formula is C13H10O2. The molecule has 3 rings (SSSR count). The van der Waals surface area contributed by atoms with E-state index in [0.717, 1.165) is 11.1 Å². The van der Waals surface area contributed by atoms with E-state index in [9.17, 15) is 9.59 Å². The molecule has 0 spiro atoms. The molecule has 1 aromatic rings. The maximum atomic E-state index is 11.6. The first-order valence-corrected chi connectivity index (χ1v) is 5.11. The predicted octanol–water partition coefficient (Wildman–Crippen LogP) is 1.78. The number of allylic oxidation sites excluding steroid dienone is 1. The van der Waals surface area contributed by atoms with Gasteiger partial charge in [0.15, 0.2) is 5.78 Å². The second-order valence-electron chi connectivity index (χ2n) is 4.12. The standard InChI is InChI=1S/C13H10O2/c14-12-7-13(15)11-6-9-4-2-1-3-8(9)5-10(11)12/h1-5,11H,6-7H2. The maximum Gasteiger partial charge on any atom is 0.167 e. The summed E-state index contributed by atoms with van der Waals surface area (Å²) in [4.78, 5) is 23.1. The highest BCUT2D eigenvalue weighted by Crippen LogP contribution is 2.35. The third kappa shape index (κ3) is 1.18. The van der Waals surface area contributed by atoms with Crippen LogP contribution in [0.25, 0.3) is 6.08 Å². The Morgan fingerprint density at radius 2 is 1.93 bits per heavy atom. The second-order valence-corrected chi connectivity index (χ2v) is 4.12. The molecule has 0 saturated heterocycles. The van der Waals surface area contributed by atoms with Crippen molar-refractivity contribution in [3.05, 3.63) is 41.0 Å². The van der Waals surface area contributed by atoms with Gasteiger partial charge < -0.3 is 0 Å². The lowest BCUT2D eigenvalue weighted by Crippen LogP contribution is -2.15. The first-order valence-electron chi connectivity index (χ1n) is 5.11. The molecule has 0 N–H and O–H groups in total. The van der Waals surface area contributed by atoms with Gasteiger partial charge in [0.25, 0.3) is 0 Å². The van der Waals surface area contributed by atoms with Gasteiger partial charge in [0.05, 0.1) is 12.3 Å². The topological polar surface area (TPSA) is 34.1 Å². The zero-order chi connectivity index (χ0) is 10.4. The van der Waals surface area contributed by atoms with Crippen molar-refractivity contribution in [2.24, 2.45) is 5.92 Å². The first kappa shape index (κ1) is 8.60. The molecular weight excluding hydrogens is 188 g/mol. The van der Waals surface area contributed by atoms with E-state index in [1.165, 1.54) is 5.56 Å². The van der Waals surface area contributed by atoms with Crippen LogP contribution < -0.4 is 0 Å². The molecule has 1 fully saturated rings. The highest BCUT2D eigenvalue weighted by molar-refractivity contribution is 6.20. The number of hydrogen-bond acceptors (Lipinski definition) is 2. The number of hydrogen-bond donors (Lipinski definition) is 0. The molecule has 1 unspecified atom stereocenters. The summed E-state index contributed by atoms with van der Waals surface area (Å²) in [6.07, 6.45) is 2.69. The number of carbonyl (C=O) groups is 2. The molecule has 0 aliphatic heterocycles. The maximum absolute atomic E-state index is 11.6. The van der Waals surface area contributed by atoms with Gasteiger partial charge in [0, 0.05) is 5.57 Å². The van der Waals surface area contributed by atoms with Crippen LogP contribution in [-0.2, 0) is 16.0 Å². The van der Waals surface area contributed by atoms with Gasteiger partial charge in [-0.05, 0) is 23.6 Å². The zero-order valence-corrected chi connectivity index (χ0v) is 8.19. The monoisotopic (exact) mass is 198 g/mol. The molecule has 1 atom stereocenters. The molecule has 74 valence electrons. The molecule has 15 heavy (non-hydrogen) atoms. The molecule has 0 radical (unpaired) electrons. The third-order valence-electron chi connectivity index (χ3n) is 3.21. The predicted molar refractivity (Wildman–Crippen MR) is 56.2 cm³/mol. The van der Waals surface area contributed by atoms with E-state index in [0.29, 0.717) is 6.42 Å². The van der Waals surface area contributed by atoms with E-state index in [2.05, 4.69) is 0 Å². The first-order chi connectivity index (χ1) is 7.25. The Hall–Kier alpha value is -1.70. The van der Waals surface area contributed by atoms with Gasteiger partial charge in [-0.15, -0.1) is 0 Å². The van der Waals surface area contributed by atoms with Crippen LogP contribution in [0.3, 0.4) is 0 Å². The Bertz CT molecular complexity index is 497. The van der Waals surface area contributed by atoms with E-state index < -0.39 is 0 Å². The van der Waals surface area contributed by atoms with Crippen LogP contribution in [0.4, 0.5) is 0 Å². The molecule has 1 aromatic carbocycles. The number of benzene rings is 1. The van der Waals surface area contributed by atoms with Crippen molar-refractivity contribution in [3.8, 4) is 0 Å². The summed E-state index contributed by atoms with van der Waals surface area (Å²) in [5.74, 6) is -0.0624. The Morgan fingerprint density at radius 3 is 2.80 bits per heavy atom. The Kier molecular flexibility index (Phi) is 1.66. The fourth-order valence-electron chi connectivity index (χ4n) is 2.40. The quantitative estimate of drug-likeness (QED) is 0.595. The van der Waals surface area contributed by atoms with Crippen molar-refractivity contribution >= 4 is 17.6 Å². The fourth-order valence-corrected chi connectivity index (χ4v) is 2.40. The van der Waals surface area contributed by atoms with Gasteiger partial charge in [-0.1, -0.05) is 24.3 Å². The zero-order valence-electron chi connectivity index (χ0n) is 8.19. The van der Waals surface area contributed by atoms with Crippen molar-refractivity contribution in [1.82, 2.24) is 0 Å². The van der Waals surface area contributed by atoms with Crippen molar-refractivity contribution < 1.29 is 9.59 Å². The van der Waals surface area contributed by atoms with Gasteiger partial charge in [-0.3, -0.25) is 9.59 Å². The summed E-state index contributed by atoms with van der Waals surface area (Å²) in [5, 5.41) is 0. The Labute approximate surface area is 87.6 Å². The largest absolute Gasteiger partial charge is 0.299 e. The lowest BCUT2D eigenvalue weighted by Gasteiger charge is -2.17. The van der Waals surface area contributed by atoms with Crippen molar-refractivity contribution in [2.75, 3.05) is 0 Å². The van der Waals surface area contributed by atoms with E-state index in [4.69, 9.17) is 0 Å². The molecule has 2 aliphatic carbocycles. The number of ketones is 2. The van der Waals surface area contributed by atoms with E-state index in [-0.39, 0.29) is 23.9 Å². The van der Waals surface area contributed by atoms with Crippen molar-refractivity contribution in [3.63, 3.8) is 0 Å². The normalized spacial score (nSPS) is 23.5. The van der Waals surface area contributed by atoms with Crippen LogP contribution in [0.5, 0.6) is 0 Å². The van der Waals surface area contributed by atoms with Crippen LogP contribution in [0, 0.1) is 5.92 Å². The Morgan fingerprint density at radius 1 is 1.13 bits per heavy atom. The highest BCUT2D eigenvalue weighted by Gasteiger charge is 2.38. The molecule has 1 saturated carbocycles. The van der Waals surface area contributed by atoms with Gasteiger partial charge in [0.1, 0.15) is 5.78 Å². The highest BCUT2D eigenvalue weighted by atomic mass is 16.2. The van der Waals surface area contributed by atoms with E-state index in [1.54, 1.807) is 0 Å². The number of Topliss-reactive ketones (excluding diaryl/α,β-unsaturated/α-hetero) is 2. The Balaban J connectivity index is 2.16. The summed E-state index contributed by atoms with van der Waals surface area (Å²) in [5.41, 5.74) is 2.99. The SMILES string of the molecule is O=C1CC(=O)C2Cc3ccccc3C=C12. The number of fused-ring (bicyclic) bond motifs is 2. The van der Waals surface area contributed by atoms with Crippen LogP contribution in [0.15, 0.2) is 29.8 Å². The van der Waals surface area contributed by atoms with E-state index >= 15 is 0 Å². The third-order valence-corrected chi connectivity index (χ3v) is 3.21. The minimum Gasteiger partial charge on any atom is -0.299 e. The summed E-state index contributed by atoms with van der Waals surface area (Å²) in [6, 6.07) is 7.95. The lowest BCUT2D eigenvalue weighted by molar-refractivity contribution is -0.122. The summed E-state index contributed by atoms with van der Waals surface area (Å²) in [6.45, 7) is 0. The molecule has 2 aliphatic rings. The number of rotatable bonds is 0. The van der Waals surface area contributed by atoms with Gasteiger partial charge >= 0.3 is 0 Å². The van der Waals surface area contributed by atoms with Gasteiger partial charge in [0.2, 0.25) is 0 Å². The van der Waals surface area contributed by atoms with Crippen molar-refractivity contribution in [2.45, 2.75) is 12.8 Å². The van der Waals surface area contributed by atoms with Crippen LogP contribution >= 0.6 is 0 Å². The fraction of sp³-hybridized carbons (Fsp3) is 0.231. The number of carbonyl (C=O) groups excluding carboxylic acids is 2. The van der Waals surface area contributed by atoms with Crippen LogP contribution in [0.1, 0.15) is 17.5 Å². The molecule has 2 nitrogen and oxygen atoms in total. The lowest BCUT2D eigenvalue weighted by atomic mass is 9.85. The summed E-state index contributed by atoms with van der Waals surface area (Å²) < 4.78 is 0. The summed E-state index contributed by atoms with van der Waals surface area (Å²) >= 11 is 0. The average Bonchev–Trinajstić information content (AvgIpc) is 2.52. The smallest absolute Gasteiger partial charge is 0.167 e.